The number of imidazole rings is 1. The van der Waals surface area contributed by atoms with Crippen molar-refractivity contribution in [2.45, 2.75) is 45.1 Å². The maximum absolute atomic E-state index is 11.5. The maximum Gasteiger partial charge on any atom is 0.215 e. The molecule has 92 valence electrons. The van der Waals surface area contributed by atoms with Crippen LogP contribution in [0.15, 0.2) is 6.20 Å². The first-order valence-electron chi connectivity index (χ1n) is 6.22. The van der Waals surface area contributed by atoms with Crippen LogP contribution in [0.2, 0.25) is 0 Å². The fraction of sp³-hybridized carbons (Fsp3) is 0.667. The normalized spacial score (nSPS) is 20.9. The second-order valence-electron chi connectivity index (χ2n) is 5.79. The SMILES string of the molecule is BC(=O)N1CCCC1c1nc(C(C)(C)C)c[nH]1. The number of nitrogens with zero attached hydrogens (tertiary/aromatic N) is 2. The Kier molecular flexibility index (Phi) is 3.02. The molecule has 1 fully saturated rings. The van der Waals surface area contributed by atoms with E-state index in [0.717, 1.165) is 30.9 Å². The molecule has 1 aromatic heterocycles. The summed E-state index contributed by atoms with van der Waals surface area (Å²) in [6.07, 6.45) is 4.04. The van der Waals surface area contributed by atoms with Gasteiger partial charge in [0, 0.05) is 18.2 Å². The summed E-state index contributed by atoms with van der Waals surface area (Å²) in [5, 5.41) is 0. The van der Waals surface area contributed by atoms with E-state index in [2.05, 4.69) is 30.7 Å². The van der Waals surface area contributed by atoms with E-state index in [4.69, 9.17) is 0 Å². The smallest absolute Gasteiger partial charge is 0.215 e. The lowest BCUT2D eigenvalue weighted by Gasteiger charge is -2.22. The molecular weight excluding hydrogens is 213 g/mol. The van der Waals surface area contributed by atoms with Gasteiger partial charge in [-0.2, -0.15) is 0 Å². The van der Waals surface area contributed by atoms with E-state index >= 15 is 0 Å². The van der Waals surface area contributed by atoms with Crippen molar-refractivity contribution in [3.63, 3.8) is 0 Å². The number of H-pyrrole nitrogens is 1. The van der Waals surface area contributed by atoms with Gasteiger partial charge in [0.1, 0.15) is 5.82 Å². The Bertz CT molecular complexity index is 422. The van der Waals surface area contributed by atoms with Crippen molar-refractivity contribution < 1.29 is 4.79 Å². The first-order valence-corrected chi connectivity index (χ1v) is 6.22. The Hall–Kier alpha value is -1.26. The minimum atomic E-state index is 0.0500. The first-order chi connectivity index (χ1) is 7.89. The summed E-state index contributed by atoms with van der Waals surface area (Å²) in [5.74, 6) is 1.07. The lowest BCUT2D eigenvalue weighted by molar-refractivity contribution is 0.215. The van der Waals surface area contributed by atoms with E-state index < -0.39 is 0 Å². The standard InChI is InChI=1S/C12H20BN3O/c1-12(2,3)9-7-14-10(15-9)8-5-4-6-16(8)11(13)17/h7-8H,4-6,13H2,1-3H3,(H,14,15). The molecular formula is C12H20BN3O. The van der Waals surface area contributed by atoms with Gasteiger partial charge in [0.25, 0.3) is 0 Å². The van der Waals surface area contributed by atoms with Gasteiger partial charge in [0.2, 0.25) is 7.85 Å². The van der Waals surface area contributed by atoms with Crippen molar-refractivity contribution in [1.82, 2.24) is 14.9 Å². The summed E-state index contributed by atoms with van der Waals surface area (Å²) in [5.41, 5.74) is 1.11. The van der Waals surface area contributed by atoms with Crippen LogP contribution < -0.4 is 0 Å². The topological polar surface area (TPSA) is 49.0 Å². The van der Waals surface area contributed by atoms with Crippen LogP contribution in [-0.2, 0) is 5.41 Å². The maximum atomic E-state index is 11.5. The number of nitrogens with one attached hydrogen (secondary N) is 1. The third kappa shape index (κ3) is 2.38. The highest BCUT2D eigenvalue weighted by Crippen LogP contribution is 2.31. The number of rotatable bonds is 1. The molecule has 1 amide bonds. The molecule has 2 heterocycles. The van der Waals surface area contributed by atoms with Gasteiger partial charge in [-0.3, -0.25) is 4.79 Å². The van der Waals surface area contributed by atoms with Crippen LogP contribution in [-0.4, -0.2) is 35.1 Å². The fourth-order valence-electron chi connectivity index (χ4n) is 2.32. The van der Waals surface area contributed by atoms with E-state index in [9.17, 15) is 4.79 Å². The molecule has 0 bridgehead atoms. The number of hydrogen-bond donors (Lipinski definition) is 1. The highest BCUT2D eigenvalue weighted by molar-refractivity contribution is 6.56. The lowest BCUT2D eigenvalue weighted by atomic mass is 9.93. The molecule has 5 heteroatoms. The monoisotopic (exact) mass is 233 g/mol. The minimum absolute atomic E-state index is 0.0500. The van der Waals surface area contributed by atoms with Gasteiger partial charge >= 0.3 is 0 Å². The van der Waals surface area contributed by atoms with Crippen molar-refractivity contribution in [2.75, 3.05) is 6.54 Å². The second kappa shape index (κ2) is 4.20. The third-order valence-electron chi connectivity index (χ3n) is 3.34. The number of aromatic nitrogens is 2. The molecule has 0 aromatic carbocycles. The molecule has 1 aromatic rings. The van der Waals surface area contributed by atoms with Gasteiger partial charge < -0.3 is 9.88 Å². The molecule has 0 radical (unpaired) electrons. The van der Waals surface area contributed by atoms with Crippen LogP contribution in [0.1, 0.15) is 51.2 Å². The number of amides is 1. The Morgan fingerprint density at radius 1 is 1.59 bits per heavy atom. The molecule has 1 saturated heterocycles. The zero-order chi connectivity index (χ0) is 12.6. The summed E-state index contributed by atoms with van der Waals surface area (Å²) >= 11 is 0. The van der Waals surface area contributed by atoms with Crippen LogP contribution in [0.4, 0.5) is 4.79 Å². The van der Waals surface area contributed by atoms with Crippen molar-refractivity contribution in [2.24, 2.45) is 0 Å². The molecule has 0 saturated carbocycles. The van der Waals surface area contributed by atoms with Crippen LogP contribution in [0, 0.1) is 0 Å². The molecule has 1 aliphatic rings. The molecule has 1 aliphatic heterocycles. The van der Waals surface area contributed by atoms with Crippen LogP contribution in [0.5, 0.6) is 0 Å². The highest BCUT2D eigenvalue weighted by Gasteiger charge is 2.30. The van der Waals surface area contributed by atoms with Gasteiger partial charge in [-0.25, -0.2) is 4.98 Å². The van der Waals surface area contributed by atoms with Crippen molar-refractivity contribution >= 4 is 13.7 Å². The Balaban J connectivity index is 2.23. The zero-order valence-electron chi connectivity index (χ0n) is 11.1. The zero-order valence-corrected chi connectivity index (χ0v) is 11.1. The summed E-state index contributed by atoms with van der Waals surface area (Å²) in [6, 6.07) is 0.142. The van der Waals surface area contributed by atoms with Gasteiger partial charge in [-0.15, -0.1) is 0 Å². The number of carbonyl (C=O) groups is 1. The van der Waals surface area contributed by atoms with Crippen molar-refractivity contribution in [3.8, 4) is 0 Å². The largest absolute Gasteiger partial charge is 0.347 e. The number of carbonyl (C=O) groups excluding carboxylic acids is 1. The van der Waals surface area contributed by atoms with E-state index in [-0.39, 0.29) is 17.3 Å². The van der Waals surface area contributed by atoms with E-state index in [1.807, 2.05) is 11.1 Å². The van der Waals surface area contributed by atoms with Gasteiger partial charge in [-0.05, 0) is 12.8 Å². The van der Waals surface area contributed by atoms with Crippen molar-refractivity contribution in [1.29, 1.82) is 0 Å². The number of likely N-dealkylation sites (tertiary alicyclic amines) is 1. The van der Waals surface area contributed by atoms with Crippen LogP contribution >= 0.6 is 0 Å². The van der Waals surface area contributed by atoms with E-state index in [0.29, 0.717) is 0 Å². The highest BCUT2D eigenvalue weighted by atomic mass is 16.2. The first kappa shape index (κ1) is 12.2. The molecule has 0 aliphatic carbocycles. The molecule has 1 atom stereocenters. The third-order valence-corrected chi connectivity index (χ3v) is 3.34. The van der Waals surface area contributed by atoms with Gasteiger partial charge in [-0.1, -0.05) is 20.8 Å². The number of hydrogen-bond acceptors (Lipinski definition) is 2. The molecule has 1 N–H and O–H groups in total. The Morgan fingerprint density at radius 2 is 2.29 bits per heavy atom. The van der Waals surface area contributed by atoms with Crippen LogP contribution in [0.25, 0.3) is 0 Å². The summed E-state index contributed by atoms with van der Waals surface area (Å²) in [6.45, 7) is 7.28. The van der Waals surface area contributed by atoms with Crippen LogP contribution in [0.3, 0.4) is 0 Å². The predicted octanol–water partition coefficient (Wildman–Crippen LogP) is 1.60. The summed E-state index contributed by atoms with van der Waals surface area (Å²) in [4.78, 5) is 21.3. The summed E-state index contributed by atoms with van der Waals surface area (Å²) < 4.78 is 0. The van der Waals surface area contributed by atoms with Crippen molar-refractivity contribution in [3.05, 3.63) is 17.7 Å². The molecule has 4 nitrogen and oxygen atoms in total. The molecule has 17 heavy (non-hydrogen) atoms. The lowest BCUT2D eigenvalue weighted by Crippen LogP contribution is -2.29. The quantitative estimate of drug-likeness (QED) is 0.749. The molecule has 0 spiro atoms. The second-order valence-corrected chi connectivity index (χ2v) is 5.79. The average Bonchev–Trinajstić information content (AvgIpc) is 2.85. The average molecular weight is 233 g/mol. The Labute approximate surface area is 103 Å². The van der Waals surface area contributed by atoms with Gasteiger partial charge in [0.05, 0.1) is 11.7 Å². The molecule has 1 unspecified atom stereocenters. The molecule has 2 rings (SSSR count). The Morgan fingerprint density at radius 3 is 2.82 bits per heavy atom. The minimum Gasteiger partial charge on any atom is -0.347 e. The number of aromatic amines is 1. The van der Waals surface area contributed by atoms with E-state index in [1.165, 1.54) is 0 Å². The fourth-order valence-corrected chi connectivity index (χ4v) is 2.32. The van der Waals surface area contributed by atoms with Gasteiger partial charge in [0.15, 0.2) is 5.81 Å². The summed E-state index contributed by atoms with van der Waals surface area (Å²) in [7, 11) is 1.63. The van der Waals surface area contributed by atoms with E-state index in [1.54, 1.807) is 7.85 Å². The predicted molar refractivity (Wildman–Crippen MR) is 69.9 cm³/mol.